The van der Waals surface area contributed by atoms with Crippen LogP contribution in [-0.2, 0) is 0 Å². The van der Waals surface area contributed by atoms with Crippen molar-refractivity contribution in [2.24, 2.45) is 0 Å². The normalized spacial score (nSPS) is 10.5. The van der Waals surface area contributed by atoms with E-state index in [9.17, 15) is 14.0 Å². The molecule has 1 aromatic heterocycles. The van der Waals surface area contributed by atoms with Crippen LogP contribution in [0.2, 0.25) is 0 Å². The Bertz CT molecular complexity index is 1250. The Hall–Kier alpha value is -4.46. The lowest BCUT2D eigenvalue weighted by Crippen LogP contribution is -2.14. The van der Waals surface area contributed by atoms with Gasteiger partial charge in [-0.3, -0.25) is 9.59 Å². The molecule has 166 valence electrons. The molecule has 0 unspecified atom stereocenters. The highest BCUT2D eigenvalue weighted by molar-refractivity contribution is 6.06. The van der Waals surface area contributed by atoms with Gasteiger partial charge in [-0.1, -0.05) is 0 Å². The van der Waals surface area contributed by atoms with Gasteiger partial charge in [0.1, 0.15) is 17.3 Å². The van der Waals surface area contributed by atoms with Crippen LogP contribution >= 0.6 is 0 Å². The summed E-state index contributed by atoms with van der Waals surface area (Å²) in [6, 6.07) is 19.3. The number of hydrogen-bond donors (Lipinski definition) is 2. The van der Waals surface area contributed by atoms with Gasteiger partial charge >= 0.3 is 0 Å². The molecule has 2 N–H and O–H groups in total. The van der Waals surface area contributed by atoms with E-state index >= 15 is 0 Å². The van der Waals surface area contributed by atoms with Gasteiger partial charge in [-0.25, -0.2) is 9.07 Å². The van der Waals surface area contributed by atoms with Gasteiger partial charge in [-0.15, -0.1) is 0 Å². The van der Waals surface area contributed by atoms with Crippen LogP contribution in [0.1, 0.15) is 27.6 Å². The quantitative estimate of drug-likeness (QED) is 0.424. The van der Waals surface area contributed by atoms with Gasteiger partial charge < -0.3 is 15.4 Å². The largest absolute Gasteiger partial charge is 0.494 e. The maximum atomic E-state index is 14.4. The fourth-order valence-electron chi connectivity index (χ4n) is 3.16. The van der Waals surface area contributed by atoms with E-state index in [2.05, 4.69) is 15.7 Å². The Morgan fingerprint density at radius 3 is 2.09 bits per heavy atom. The Morgan fingerprint density at radius 2 is 1.52 bits per heavy atom. The number of rotatable bonds is 7. The number of carbonyl (C=O) groups excluding carboxylic acids is 2. The van der Waals surface area contributed by atoms with Crippen molar-refractivity contribution in [1.29, 1.82) is 0 Å². The second kappa shape index (κ2) is 9.78. The van der Waals surface area contributed by atoms with Crippen LogP contribution in [0.25, 0.3) is 5.69 Å². The Morgan fingerprint density at radius 1 is 0.909 bits per heavy atom. The summed E-state index contributed by atoms with van der Waals surface area (Å²) in [5.74, 6) is -0.583. The van der Waals surface area contributed by atoms with Crippen molar-refractivity contribution in [2.75, 3.05) is 17.2 Å². The molecular formula is C25H21FN4O3. The Balaban J connectivity index is 1.38. The number of anilines is 2. The third-order valence-corrected chi connectivity index (χ3v) is 4.79. The van der Waals surface area contributed by atoms with E-state index in [0.29, 0.717) is 23.5 Å². The number of nitrogens with one attached hydrogen (secondary N) is 2. The van der Waals surface area contributed by atoms with Crippen molar-refractivity contribution in [3.05, 3.63) is 102 Å². The third kappa shape index (κ3) is 5.24. The summed E-state index contributed by atoms with van der Waals surface area (Å²) in [6.07, 6.45) is 3.16. The number of halogens is 1. The lowest BCUT2D eigenvalue weighted by Gasteiger charge is -2.09. The van der Waals surface area contributed by atoms with Gasteiger partial charge in [-0.2, -0.15) is 5.10 Å². The number of amides is 2. The SMILES string of the molecule is CCOc1ccc(NC(=O)c2ccc(NC(=O)c3ccc(-n4cccn4)c(F)c3)cc2)cc1. The molecule has 33 heavy (non-hydrogen) atoms. The first-order chi connectivity index (χ1) is 16.0. The number of carbonyl (C=O) groups is 2. The summed E-state index contributed by atoms with van der Waals surface area (Å²) < 4.78 is 21.2. The molecule has 8 heteroatoms. The first-order valence-corrected chi connectivity index (χ1v) is 10.3. The molecule has 0 fully saturated rings. The van der Waals surface area contributed by atoms with E-state index in [1.165, 1.54) is 16.8 Å². The number of hydrogen-bond acceptors (Lipinski definition) is 4. The fourth-order valence-corrected chi connectivity index (χ4v) is 3.16. The number of nitrogens with zero attached hydrogens (tertiary/aromatic N) is 2. The van der Waals surface area contributed by atoms with Crippen LogP contribution in [0.5, 0.6) is 5.75 Å². The van der Waals surface area contributed by atoms with Crippen LogP contribution < -0.4 is 15.4 Å². The molecule has 2 amide bonds. The summed E-state index contributed by atoms with van der Waals surface area (Å²) >= 11 is 0. The lowest BCUT2D eigenvalue weighted by molar-refractivity contribution is 0.101. The van der Waals surface area contributed by atoms with E-state index in [1.807, 2.05) is 6.92 Å². The third-order valence-electron chi connectivity index (χ3n) is 4.79. The highest BCUT2D eigenvalue weighted by Crippen LogP contribution is 2.19. The minimum absolute atomic E-state index is 0.167. The van der Waals surface area contributed by atoms with Crippen LogP contribution in [0.4, 0.5) is 15.8 Å². The zero-order chi connectivity index (χ0) is 23.2. The van der Waals surface area contributed by atoms with Gasteiger partial charge in [0.25, 0.3) is 11.8 Å². The fraction of sp³-hybridized carbons (Fsp3) is 0.0800. The molecule has 0 atom stereocenters. The van der Waals surface area contributed by atoms with E-state index in [1.54, 1.807) is 67.0 Å². The van der Waals surface area contributed by atoms with E-state index in [0.717, 1.165) is 11.8 Å². The molecule has 1 heterocycles. The van der Waals surface area contributed by atoms with Crippen LogP contribution in [0, 0.1) is 5.82 Å². The monoisotopic (exact) mass is 444 g/mol. The van der Waals surface area contributed by atoms with Gasteiger partial charge in [0.05, 0.1) is 6.61 Å². The van der Waals surface area contributed by atoms with Crippen molar-refractivity contribution < 1.29 is 18.7 Å². The smallest absolute Gasteiger partial charge is 0.255 e. The van der Waals surface area contributed by atoms with Crippen molar-refractivity contribution in [3.63, 3.8) is 0 Å². The van der Waals surface area contributed by atoms with E-state index < -0.39 is 11.7 Å². The zero-order valence-corrected chi connectivity index (χ0v) is 17.8. The average Bonchev–Trinajstić information content (AvgIpc) is 3.35. The maximum absolute atomic E-state index is 14.4. The van der Waals surface area contributed by atoms with Crippen molar-refractivity contribution in [3.8, 4) is 11.4 Å². The van der Waals surface area contributed by atoms with Crippen molar-refractivity contribution in [1.82, 2.24) is 9.78 Å². The molecular weight excluding hydrogens is 423 g/mol. The van der Waals surface area contributed by atoms with Gasteiger partial charge in [0.2, 0.25) is 0 Å². The molecule has 0 radical (unpaired) electrons. The van der Waals surface area contributed by atoms with Crippen LogP contribution in [0.3, 0.4) is 0 Å². The average molecular weight is 444 g/mol. The lowest BCUT2D eigenvalue weighted by atomic mass is 10.1. The van der Waals surface area contributed by atoms with Crippen LogP contribution in [0.15, 0.2) is 85.2 Å². The summed E-state index contributed by atoms with van der Waals surface area (Å²) in [4.78, 5) is 25.0. The topological polar surface area (TPSA) is 85.3 Å². The number of aromatic nitrogens is 2. The summed E-state index contributed by atoms with van der Waals surface area (Å²) in [5, 5.41) is 9.49. The highest BCUT2D eigenvalue weighted by Gasteiger charge is 2.12. The molecule has 4 aromatic rings. The van der Waals surface area contributed by atoms with Gasteiger partial charge in [0, 0.05) is 34.9 Å². The minimum atomic E-state index is -0.562. The highest BCUT2D eigenvalue weighted by atomic mass is 19.1. The molecule has 3 aromatic carbocycles. The maximum Gasteiger partial charge on any atom is 0.255 e. The van der Waals surface area contributed by atoms with Gasteiger partial charge in [0.15, 0.2) is 0 Å². The Labute approximate surface area is 189 Å². The standard InChI is InChI=1S/C25H21FN4O3/c1-2-33-21-11-9-20(10-12-21)28-24(31)17-4-7-19(8-5-17)29-25(32)18-6-13-23(22(26)16-18)30-15-3-14-27-30/h3-16H,2H2,1H3,(H,28,31)(H,29,32). The summed E-state index contributed by atoms with van der Waals surface area (Å²) in [7, 11) is 0. The summed E-state index contributed by atoms with van der Waals surface area (Å²) in [5.41, 5.74) is 1.97. The second-order valence-electron chi connectivity index (χ2n) is 7.06. The summed E-state index contributed by atoms with van der Waals surface area (Å²) in [6.45, 7) is 2.47. The molecule has 4 rings (SSSR count). The molecule has 0 saturated carbocycles. The van der Waals surface area contributed by atoms with Crippen molar-refractivity contribution in [2.45, 2.75) is 6.92 Å². The first kappa shape index (κ1) is 21.8. The molecule has 0 aliphatic carbocycles. The molecule has 0 saturated heterocycles. The minimum Gasteiger partial charge on any atom is -0.494 e. The number of ether oxygens (including phenoxy) is 1. The van der Waals surface area contributed by atoms with E-state index in [4.69, 9.17) is 4.74 Å². The Kier molecular flexibility index (Phi) is 6.45. The predicted molar refractivity (Wildman–Crippen MR) is 123 cm³/mol. The van der Waals surface area contributed by atoms with Crippen LogP contribution in [-0.4, -0.2) is 28.2 Å². The molecule has 0 aliphatic heterocycles. The first-order valence-electron chi connectivity index (χ1n) is 10.3. The molecule has 7 nitrogen and oxygen atoms in total. The molecule has 0 aliphatic rings. The number of benzene rings is 3. The molecule has 0 bridgehead atoms. The van der Waals surface area contributed by atoms with Gasteiger partial charge in [-0.05, 0) is 79.7 Å². The zero-order valence-electron chi connectivity index (χ0n) is 17.8. The van der Waals surface area contributed by atoms with E-state index in [-0.39, 0.29) is 17.2 Å². The molecule has 0 spiro atoms. The van der Waals surface area contributed by atoms with Crippen molar-refractivity contribution >= 4 is 23.2 Å². The second-order valence-corrected chi connectivity index (χ2v) is 7.06. The predicted octanol–water partition coefficient (Wildman–Crippen LogP) is 4.91.